The van der Waals surface area contributed by atoms with E-state index in [0.717, 1.165) is 29.4 Å². The third-order valence-corrected chi connectivity index (χ3v) is 5.26. The first-order valence-electron chi connectivity index (χ1n) is 9.11. The van der Waals surface area contributed by atoms with Crippen molar-refractivity contribution in [2.45, 2.75) is 18.9 Å². The molecule has 2 aromatic carbocycles. The summed E-state index contributed by atoms with van der Waals surface area (Å²) in [6, 6.07) is 13.7. The molecule has 3 aromatic rings. The van der Waals surface area contributed by atoms with Gasteiger partial charge in [0.1, 0.15) is 12.4 Å². The number of carbonyl (C=O) groups is 1. The highest BCUT2D eigenvalue weighted by Gasteiger charge is 2.30. The number of amides is 1. The molecule has 5 nitrogen and oxygen atoms in total. The largest absolute Gasteiger partial charge is 0.476 e. The quantitative estimate of drug-likeness (QED) is 0.614. The van der Waals surface area contributed by atoms with Gasteiger partial charge in [0.2, 0.25) is 0 Å². The molecule has 7 heteroatoms. The van der Waals surface area contributed by atoms with Gasteiger partial charge in [-0.3, -0.25) is 4.57 Å². The molecule has 2 heterocycles. The van der Waals surface area contributed by atoms with Gasteiger partial charge >= 0.3 is 6.09 Å². The molecule has 0 unspecified atom stereocenters. The Morgan fingerprint density at radius 2 is 2.00 bits per heavy atom. The van der Waals surface area contributed by atoms with Crippen LogP contribution >= 0.6 is 11.6 Å². The van der Waals surface area contributed by atoms with Crippen molar-refractivity contribution in [2.24, 2.45) is 0 Å². The van der Waals surface area contributed by atoms with Crippen LogP contribution in [0.5, 0.6) is 5.88 Å². The molecule has 0 bridgehead atoms. The first kappa shape index (κ1) is 18.6. The van der Waals surface area contributed by atoms with Crippen molar-refractivity contribution in [1.29, 1.82) is 0 Å². The molecule has 146 valence electrons. The molecule has 1 saturated heterocycles. The molecule has 4 rings (SSSR count). The molecular weight excluding hydrogens is 383 g/mol. The first-order chi connectivity index (χ1) is 13.6. The fraction of sp³-hybridized carbons (Fsp3) is 0.286. The van der Waals surface area contributed by atoms with E-state index >= 15 is 0 Å². The molecule has 0 spiro atoms. The van der Waals surface area contributed by atoms with E-state index in [9.17, 15) is 9.18 Å². The highest BCUT2D eigenvalue weighted by Crippen LogP contribution is 2.32. The number of nitrogens with zero attached hydrogens (tertiary/aromatic N) is 2. The summed E-state index contributed by atoms with van der Waals surface area (Å²) in [5.74, 6) is 0.311. The van der Waals surface area contributed by atoms with Crippen LogP contribution in [0.3, 0.4) is 0 Å². The SMILES string of the molecule is COC(=O)N1CCC[C@@H]1COc1cc2cc(Cl)ccc2n1-c1ccc(F)cc1. The Labute approximate surface area is 167 Å². The Kier molecular flexibility index (Phi) is 5.13. The number of halogens is 2. The van der Waals surface area contributed by atoms with E-state index < -0.39 is 0 Å². The lowest BCUT2D eigenvalue weighted by Gasteiger charge is -2.23. The second-order valence-electron chi connectivity index (χ2n) is 6.77. The fourth-order valence-electron chi connectivity index (χ4n) is 3.67. The molecule has 0 saturated carbocycles. The smallest absolute Gasteiger partial charge is 0.409 e. The van der Waals surface area contributed by atoms with Gasteiger partial charge in [-0.05, 0) is 55.3 Å². The average Bonchev–Trinajstić information content (AvgIpc) is 3.30. The van der Waals surface area contributed by atoms with E-state index in [1.54, 1.807) is 17.0 Å². The summed E-state index contributed by atoms with van der Waals surface area (Å²) in [6.07, 6.45) is 1.44. The van der Waals surface area contributed by atoms with E-state index in [1.165, 1.54) is 19.2 Å². The fourth-order valence-corrected chi connectivity index (χ4v) is 3.85. The zero-order chi connectivity index (χ0) is 19.7. The zero-order valence-corrected chi connectivity index (χ0v) is 16.2. The van der Waals surface area contributed by atoms with Gasteiger partial charge in [-0.25, -0.2) is 9.18 Å². The molecule has 1 amide bonds. The predicted octanol–water partition coefficient (Wildman–Crippen LogP) is 5.03. The molecule has 1 fully saturated rings. The second kappa shape index (κ2) is 7.72. The molecule has 0 N–H and O–H groups in total. The average molecular weight is 403 g/mol. The van der Waals surface area contributed by atoms with E-state index in [0.29, 0.717) is 24.1 Å². The maximum atomic E-state index is 13.4. The highest BCUT2D eigenvalue weighted by molar-refractivity contribution is 6.31. The van der Waals surface area contributed by atoms with Crippen molar-refractivity contribution in [1.82, 2.24) is 9.47 Å². The minimum absolute atomic E-state index is 0.0456. The summed E-state index contributed by atoms with van der Waals surface area (Å²) in [4.78, 5) is 13.6. The van der Waals surface area contributed by atoms with Crippen LogP contribution in [0.25, 0.3) is 16.6 Å². The number of likely N-dealkylation sites (tertiary alicyclic amines) is 1. The summed E-state index contributed by atoms with van der Waals surface area (Å²) in [6.45, 7) is 1.01. The molecule has 1 aliphatic heterocycles. The van der Waals surface area contributed by atoms with Crippen LogP contribution < -0.4 is 4.74 Å². The summed E-state index contributed by atoms with van der Waals surface area (Å²) >= 11 is 6.14. The Bertz CT molecular complexity index is 1000. The molecule has 0 radical (unpaired) electrons. The first-order valence-corrected chi connectivity index (χ1v) is 9.49. The van der Waals surface area contributed by atoms with Crippen molar-refractivity contribution >= 4 is 28.6 Å². The maximum absolute atomic E-state index is 13.4. The molecule has 0 aliphatic carbocycles. The predicted molar refractivity (Wildman–Crippen MR) is 106 cm³/mol. The minimum Gasteiger partial charge on any atom is -0.476 e. The van der Waals surface area contributed by atoms with Crippen LogP contribution in [0.15, 0.2) is 48.5 Å². The monoisotopic (exact) mass is 402 g/mol. The number of carbonyl (C=O) groups excluding carboxylic acids is 1. The third-order valence-electron chi connectivity index (χ3n) is 5.02. The summed E-state index contributed by atoms with van der Waals surface area (Å²) in [5, 5.41) is 1.55. The Morgan fingerprint density at radius 1 is 1.21 bits per heavy atom. The van der Waals surface area contributed by atoms with E-state index in [1.807, 2.05) is 28.8 Å². The summed E-state index contributed by atoms with van der Waals surface area (Å²) in [7, 11) is 1.38. The standard InChI is InChI=1S/C21H20ClFN2O3/c1-27-21(26)24-10-2-3-18(24)13-28-20-12-14-11-15(22)4-9-19(14)25(20)17-7-5-16(23)6-8-17/h4-9,11-12,18H,2-3,10,13H2,1H3/t18-/m1/s1. The van der Waals surface area contributed by atoms with E-state index in [2.05, 4.69) is 0 Å². The lowest BCUT2D eigenvalue weighted by molar-refractivity contribution is 0.104. The number of methoxy groups -OCH3 is 1. The molecule has 1 aliphatic rings. The molecule has 28 heavy (non-hydrogen) atoms. The maximum Gasteiger partial charge on any atom is 0.409 e. The lowest BCUT2D eigenvalue weighted by Crippen LogP contribution is -2.39. The Morgan fingerprint density at radius 3 is 2.75 bits per heavy atom. The van der Waals surface area contributed by atoms with E-state index in [-0.39, 0.29) is 18.0 Å². The number of hydrogen-bond acceptors (Lipinski definition) is 3. The van der Waals surface area contributed by atoms with Gasteiger partial charge in [0.25, 0.3) is 0 Å². The van der Waals surface area contributed by atoms with Crippen molar-refractivity contribution < 1.29 is 18.7 Å². The van der Waals surface area contributed by atoms with Crippen molar-refractivity contribution in [2.75, 3.05) is 20.3 Å². The van der Waals surface area contributed by atoms with Crippen LogP contribution in [-0.2, 0) is 4.74 Å². The van der Waals surface area contributed by atoms with Crippen molar-refractivity contribution in [3.63, 3.8) is 0 Å². The van der Waals surface area contributed by atoms with Crippen LogP contribution in [0.1, 0.15) is 12.8 Å². The van der Waals surface area contributed by atoms with Gasteiger partial charge in [0.15, 0.2) is 5.88 Å². The van der Waals surface area contributed by atoms with Crippen LogP contribution in [0.4, 0.5) is 9.18 Å². The van der Waals surface area contributed by atoms with Crippen LogP contribution in [0, 0.1) is 5.82 Å². The number of fused-ring (bicyclic) bond motifs is 1. The molecule has 1 atom stereocenters. The van der Waals surface area contributed by atoms with Gasteiger partial charge in [-0.15, -0.1) is 0 Å². The van der Waals surface area contributed by atoms with Gasteiger partial charge in [0.05, 0.1) is 18.7 Å². The minimum atomic E-state index is -0.336. The molecule has 1 aromatic heterocycles. The number of hydrogen-bond donors (Lipinski definition) is 0. The third kappa shape index (κ3) is 3.52. The number of ether oxygens (including phenoxy) is 2. The van der Waals surface area contributed by atoms with Crippen LogP contribution in [-0.4, -0.2) is 41.9 Å². The number of benzene rings is 2. The van der Waals surface area contributed by atoms with Gasteiger partial charge in [0, 0.05) is 28.7 Å². The Balaban J connectivity index is 1.67. The highest BCUT2D eigenvalue weighted by atomic mass is 35.5. The van der Waals surface area contributed by atoms with Crippen LogP contribution in [0.2, 0.25) is 5.02 Å². The number of rotatable bonds is 4. The molecular formula is C21H20ClFN2O3. The van der Waals surface area contributed by atoms with Gasteiger partial charge in [-0.2, -0.15) is 0 Å². The lowest BCUT2D eigenvalue weighted by atomic mass is 10.2. The zero-order valence-electron chi connectivity index (χ0n) is 15.4. The number of aromatic nitrogens is 1. The van der Waals surface area contributed by atoms with Crippen molar-refractivity contribution in [3.8, 4) is 11.6 Å². The summed E-state index contributed by atoms with van der Waals surface area (Å²) < 4.78 is 26.3. The normalized spacial score (nSPS) is 16.5. The second-order valence-corrected chi connectivity index (χ2v) is 7.20. The van der Waals surface area contributed by atoms with Gasteiger partial charge in [-0.1, -0.05) is 11.6 Å². The van der Waals surface area contributed by atoms with Crippen molar-refractivity contribution in [3.05, 3.63) is 59.4 Å². The Hall–Kier alpha value is -2.73. The van der Waals surface area contributed by atoms with E-state index in [4.69, 9.17) is 21.1 Å². The van der Waals surface area contributed by atoms with Gasteiger partial charge < -0.3 is 14.4 Å². The summed E-state index contributed by atoms with van der Waals surface area (Å²) in [5.41, 5.74) is 1.69. The topological polar surface area (TPSA) is 43.7 Å².